The maximum Gasteiger partial charge on any atom is 0.409 e. The van der Waals surface area contributed by atoms with E-state index >= 15 is 0 Å². The average molecular weight is 432 g/mol. The summed E-state index contributed by atoms with van der Waals surface area (Å²) in [6.45, 7) is 1.30. The summed E-state index contributed by atoms with van der Waals surface area (Å²) in [6.07, 6.45) is 2.21. The number of anilines is 1. The molecule has 2 aromatic carbocycles. The number of hydrogen-bond donors (Lipinski definition) is 2. The Morgan fingerprint density at radius 3 is 2.19 bits per heavy atom. The first-order chi connectivity index (χ1) is 15.5. The topological polar surface area (TPSA) is 111 Å². The van der Waals surface area contributed by atoms with Gasteiger partial charge in [-0.1, -0.05) is 48.5 Å². The molecule has 8 heteroatoms. The van der Waals surface area contributed by atoms with E-state index in [1.807, 2.05) is 24.3 Å². The number of nitrogens with two attached hydrogens (primary N) is 1. The van der Waals surface area contributed by atoms with Gasteiger partial charge in [0.15, 0.2) is 0 Å². The van der Waals surface area contributed by atoms with Crippen molar-refractivity contribution >= 4 is 17.9 Å². The molecule has 3 aromatic rings. The van der Waals surface area contributed by atoms with Gasteiger partial charge in [-0.3, -0.25) is 0 Å². The third-order valence-electron chi connectivity index (χ3n) is 6.47. The third-order valence-corrected chi connectivity index (χ3v) is 6.47. The largest absolute Gasteiger partial charge is 0.477 e. The summed E-state index contributed by atoms with van der Waals surface area (Å²) in [6, 6.07) is 16.5. The predicted octanol–water partition coefficient (Wildman–Crippen LogP) is 3.75. The number of nitrogens with zero attached hydrogens (tertiary/aromatic N) is 3. The van der Waals surface area contributed by atoms with E-state index in [0.717, 1.165) is 0 Å². The number of aromatic nitrogens is 2. The van der Waals surface area contributed by atoms with Crippen molar-refractivity contribution in [2.75, 3.05) is 25.4 Å². The van der Waals surface area contributed by atoms with Gasteiger partial charge in [-0.2, -0.15) is 5.10 Å². The second kappa shape index (κ2) is 8.03. The molecule has 1 aliphatic heterocycles. The summed E-state index contributed by atoms with van der Waals surface area (Å²) in [4.78, 5) is 25.6. The number of rotatable bonds is 4. The van der Waals surface area contributed by atoms with Crippen LogP contribution in [0.3, 0.4) is 0 Å². The second-order valence-corrected chi connectivity index (χ2v) is 8.22. The van der Waals surface area contributed by atoms with Gasteiger partial charge in [0.1, 0.15) is 18.0 Å². The number of nitrogen functional groups attached to an aromatic ring is 1. The smallest absolute Gasteiger partial charge is 0.409 e. The second-order valence-electron chi connectivity index (χ2n) is 8.22. The molecule has 0 saturated carbocycles. The molecule has 1 aromatic heterocycles. The van der Waals surface area contributed by atoms with E-state index in [4.69, 9.17) is 15.6 Å². The van der Waals surface area contributed by atoms with Gasteiger partial charge in [0.05, 0.1) is 12.2 Å². The average Bonchev–Trinajstić information content (AvgIpc) is 3.36. The van der Waals surface area contributed by atoms with Crippen molar-refractivity contribution in [3.63, 3.8) is 0 Å². The SMILES string of the molecule is Nc1c(C(=O)O)cnn1C1CCN(C(=O)OCC2c3ccccc3-c3ccccc32)CC1. The minimum absolute atomic E-state index is 0.00367. The van der Waals surface area contributed by atoms with Gasteiger partial charge < -0.3 is 20.5 Å². The van der Waals surface area contributed by atoms with Crippen LogP contribution in [0.2, 0.25) is 0 Å². The molecule has 0 unspecified atom stereocenters. The van der Waals surface area contributed by atoms with Crippen molar-refractivity contribution in [2.24, 2.45) is 0 Å². The fourth-order valence-corrected chi connectivity index (χ4v) is 4.81. The molecule has 0 radical (unpaired) electrons. The Hall–Kier alpha value is -3.81. The van der Waals surface area contributed by atoms with Crippen LogP contribution in [0.5, 0.6) is 0 Å². The van der Waals surface area contributed by atoms with Gasteiger partial charge in [0, 0.05) is 19.0 Å². The molecule has 1 amide bonds. The normalized spacial score (nSPS) is 15.9. The lowest BCUT2D eigenvalue weighted by molar-refractivity contribution is 0.0698. The fraction of sp³-hybridized carbons (Fsp3) is 0.292. The summed E-state index contributed by atoms with van der Waals surface area (Å²) in [5, 5.41) is 13.3. The number of ether oxygens (including phenoxy) is 1. The van der Waals surface area contributed by atoms with Crippen LogP contribution in [0.4, 0.5) is 10.6 Å². The summed E-state index contributed by atoms with van der Waals surface area (Å²) < 4.78 is 7.30. The molecule has 3 N–H and O–H groups in total. The van der Waals surface area contributed by atoms with Gasteiger partial charge in [-0.05, 0) is 35.1 Å². The molecule has 1 saturated heterocycles. The van der Waals surface area contributed by atoms with E-state index in [2.05, 4.69) is 29.4 Å². The number of hydrogen-bond acceptors (Lipinski definition) is 5. The van der Waals surface area contributed by atoms with Crippen molar-refractivity contribution < 1.29 is 19.4 Å². The Bertz CT molecular complexity index is 1130. The number of piperidine rings is 1. The molecule has 1 aliphatic carbocycles. The van der Waals surface area contributed by atoms with Crippen molar-refractivity contribution in [3.05, 3.63) is 71.4 Å². The van der Waals surface area contributed by atoms with E-state index in [1.54, 1.807) is 9.58 Å². The Morgan fingerprint density at radius 2 is 1.62 bits per heavy atom. The van der Waals surface area contributed by atoms with Crippen molar-refractivity contribution in [1.82, 2.24) is 14.7 Å². The number of fused-ring (bicyclic) bond motifs is 3. The van der Waals surface area contributed by atoms with Gasteiger partial charge in [0.25, 0.3) is 0 Å². The Labute approximate surface area is 185 Å². The van der Waals surface area contributed by atoms with Gasteiger partial charge in [-0.15, -0.1) is 0 Å². The Morgan fingerprint density at radius 1 is 1.03 bits per heavy atom. The molecular weight excluding hydrogens is 408 g/mol. The first-order valence-electron chi connectivity index (χ1n) is 10.7. The number of likely N-dealkylation sites (tertiary alicyclic amines) is 1. The molecule has 0 spiro atoms. The minimum Gasteiger partial charge on any atom is -0.477 e. The van der Waals surface area contributed by atoms with Crippen LogP contribution in [-0.2, 0) is 4.74 Å². The zero-order valence-electron chi connectivity index (χ0n) is 17.5. The first kappa shape index (κ1) is 20.1. The predicted molar refractivity (Wildman–Crippen MR) is 119 cm³/mol. The van der Waals surface area contributed by atoms with E-state index in [-0.39, 0.29) is 29.4 Å². The molecule has 0 atom stereocenters. The van der Waals surface area contributed by atoms with E-state index in [9.17, 15) is 9.59 Å². The molecule has 1 fully saturated rings. The summed E-state index contributed by atoms with van der Waals surface area (Å²) in [5.74, 6) is -0.913. The molecule has 2 aliphatic rings. The summed E-state index contributed by atoms with van der Waals surface area (Å²) >= 11 is 0. The highest BCUT2D eigenvalue weighted by atomic mass is 16.6. The molecular formula is C24H24N4O4. The number of carboxylic acids is 1. The number of carbonyl (C=O) groups is 2. The molecule has 0 bridgehead atoms. The van der Waals surface area contributed by atoms with Crippen LogP contribution >= 0.6 is 0 Å². The zero-order valence-corrected chi connectivity index (χ0v) is 17.5. The van der Waals surface area contributed by atoms with Gasteiger partial charge in [-0.25, -0.2) is 14.3 Å². The fourth-order valence-electron chi connectivity index (χ4n) is 4.81. The number of benzene rings is 2. The van der Waals surface area contributed by atoms with Crippen LogP contribution in [0.25, 0.3) is 11.1 Å². The van der Waals surface area contributed by atoms with E-state index < -0.39 is 5.97 Å². The highest BCUT2D eigenvalue weighted by Gasteiger charge is 2.31. The van der Waals surface area contributed by atoms with Crippen LogP contribution < -0.4 is 5.73 Å². The monoisotopic (exact) mass is 432 g/mol. The van der Waals surface area contributed by atoms with Crippen LogP contribution in [0, 0.1) is 0 Å². The summed E-state index contributed by atoms with van der Waals surface area (Å²) in [5.41, 5.74) is 10.7. The third kappa shape index (κ3) is 3.37. The van der Waals surface area contributed by atoms with Crippen LogP contribution in [0.15, 0.2) is 54.7 Å². The van der Waals surface area contributed by atoms with E-state index in [1.165, 1.54) is 28.5 Å². The van der Waals surface area contributed by atoms with E-state index in [0.29, 0.717) is 32.5 Å². The maximum absolute atomic E-state index is 12.8. The number of amides is 1. The molecule has 5 rings (SSSR count). The quantitative estimate of drug-likeness (QED) is 0.650. The van der Waals surface area contributed by atoms with Crippen LogP contribution in [-0.4, -0.2) is 51.5 Å². The molecule has 2 heterocycles. The highest BCUT2D eigenvalue weighted by molar-refractivity contribution is 5.92. The standard InChI is InChI=1S/C24H24N4O4/c25-22-20(23(29)30)13-26-28(22)15-9-11-27(12-10-15)24(31)32-14-21-18-7-3-1-5-16(18)17-6-2-4-8-19(17)21/h1-8,13,15,21H,9-12,14,25H2,(H,29,30). The zero-order chi connectivity index (χ0) is 22.2. The van der Waals surface area contributed by atoms with Crippen molar-refractivity contribution in [3.8, 4) is 11.1 Å². The van der Waals surface area contributed by atoms with Crippen molar-refractivity contribution in [2.45, 2.75) is 24.8 Å². The van der Waals surface area contributed by atoms with Crippen molar-refractivity contribution in [1.29, 1.82) is 0 Å². The lowest BCUT2D eigenvalue weighted by Crippen LogP contribution is -2.40. The Balaban J connectivity index is 1.22. The maximum atomic E-state index is 12.8. The number of carbonyl (C=O) groups excluding carboxylic acids is 1. The molecule has 32 heavy (non-hydrogen) atoms. The van der Waals surface area contributed by atoms with Gasteiger partial charge in [0.2, 0.25) is 0 Å². The number of carboxylic acid groups (broad SMARTS) is 1. The number of aromatic carboxylic acids is 1. The van der Waals surface area contributed by atoms with Crippen LogP contribution in [0.1, 0.15) is 46.3 Å². The minimum atomic E-state index is -1.09. The molecule has 8 nitrogen and oxygen atoms in total. The van der Waals surface area contributed by atoms with Gasteiger partial charge >= 0.3 is 12.1 Å². The lowest BCUT2D eigenvalue weighted by Gasteiger charge is -2.32. The Kier molecular flexibility index (Phi) is 5.05. The highest BCUT2D eigenvalue weighted by Crippen LogP contribution is 2.44. The summed E-state index contributed by atoms with van der Waals surface area (Å²) in [7, 11) is 0. The lowest BCUT2D eigenvalue weighted by atomic mass is 9.98. The first-order valence-corrected chi connectivity index (χ1v) is 10.7. The molecule has 164 valence electrons.